The van der Waals surface area contributed by atoms with E-state index < -0.39 is 0 Å². The fourth-order valence-electron chi connectivity index (χ4n) is 4.35. The van der Waals surface area contributed by atoms with E-state index in [9.17, 15) is 4.79 Å². The standard InChI is InChI=1S/C18H30O/c1-13(2)6-5-7-14(3)17-9-8-15-12-16(19)10-11-18(15,17)4/h12-14,17H,5-11H2,1-4H3/t14?,17-,18-/m1/s1. The summed E-state index contributed by atoms with van der Waals surface area (Å²) in [5.74, 6) is 2.80. The van der Waals surface area contributed by atoms with Crippen molar-refractivity contribution in [3.63, 3.8) is 0 Å². The molecule has 1 heteroatoms. The van der Waals surface area contributed by atoms with E-state index >= 15 is 0 Å². The minimum absolute atomic E-state index is 0.338. The summed E-state index contributed by atoms with van der Waals surface area (Å²) in [5.41, 5.74) is 1.80. The number of fused-ring (bicyclic) bond motifs is 1. The summed E-state index contributed by atoms with van der Waals surface area (Å²) in [4.78, 5) is 11.6. The van der Waals surface area contributed by atoms with Crippen molar-refractivity contribution >= 4 is 5.78 Å². The first-order valence-electron chi connectivity index (χ1n) is 8.17. The van der Waals surface area contributed by atoms with E-state index in [0.29, 0.717) is 11.2 Å². The molecule has 1 fully saturated rings. The van der Waals surface area contributed by atoms with Crippen molar-refractivity contribution < 1.29 is 4.79 Å². The molecule has 0 radical (unpaired) electrons. The molecule has 0 bridgehead atoms. The van der Waals surface area contributed by atoms with Crippen LogP contribution in [0.5, 0.6) is 0 Å². The average Bonchev–Trinajstić information content (AvgIpc) is 2.66. The molecule has 108 valence electrons. The van der Waals surface area contributed by atoms with Crippen LogP contribution in [0.4, 0.5) is 0 Å². The molecule has 0 aromatic rings. The van der Waals surface area contributed by atoms with Crippen LogP contribution < -0.4 is 0 Å². The molecule has 1 unspecified atom stereocenters. The van der Waals surface area contributed by atoms with Crippen molar-refractivity contribution in [1.82, 2.24) is 0 Å². The van der Waals surface area contributed by atoms with E-state index in [1.54, 1.807) is 0 Å². The van der Waals surface area contributed by atoms with Crippen molar-refractivity contribution in [2.24, 2.45) is 23.2 Å². The topological polar surface area (TPSA) is 17.1 Å². The first-order chi connectivity index (χ1) is 8.93. The summed E-state index contributed by atoms with van der Waals surface area (Å²) in [6.07, 6.45) is 10.4. The number of hydrogen-bond acceptors (Lipinski definition) is 1. The summed E-state index contributed by atoms with van der Waals surface area (Å²) in [5, 5.41) is 0. The number of ketones is 1. The molecule has 0 heterocycles. The molecule has 0 N–H and O–H groups in total. The van der Waals surface area contributed by atoms with Crippen molar-refractivity contribution in [3.8, 4) is 0 Å². The van der Waals surface area contributed by atoms with Crippen LogP contribution in [0.1, 0.15) is 72.6 Å². The summed E-state index contributed by atoms with van der Waals surface area (Å²) in [6.45, 7) is 9.49. The number of allylic oxidation sites excluding steroid dienone is 2. The van der Waals surface area contributed by atoms with Crippen LogP contribution in [-0.4, -0.2) is 5.78 Å². The lowest BCUT2D eigenvalue weighted by Gasteiger charge is -2.38. The maximum atomic E-state index is 11.6. The molecule has 1 nitrogen and oxygen atoms in total. The molecular formula is C18H30O. The zero-order valence-corrected chi connectivity index (χ0v) is 13.2. The highest BCUT2D eigenvalue weighted by Gasteiger charge is 2.46. The monoisotopic (exact) mass is 262 g/mol. The van der Waals surface area contributed by atoms with Gasteiger partial charge < -0.3 is 0 Å². The number of carbonyl (C=O) groups excluding carboxylic acids is 1. The molecule has 2 aliphatic carbocycles. The van der Waals surface area contributed by atoms with Crippen LogP contribution >= 0.6 is 0 Å². The second-order valence-corrected chi connectivity index (χ2v) is 7.50. The lowest BCUT2D eigenvalue weighted by Crippen LogP contribution is -2.31. The van der Waals surface area contributed by atoms with Crippen LogP contribution in [0, 0.1) is 23.2 Å². The molecule has 0 spiro atoms. The Balaban J connectivity index is 1.98. The zero-order valence-electron chi connectivity index (χ0n) is 13.2. The van der Waals surface area contributed by atoms with E-state index in [0.717, 1.165) is 30.6 Å². The highest BCUT2D eigenvalue weighted by molar-refractivity contribution is 5.91. The predicted octanol–water partition coefficient (Wildman–Crippen LogP) is 5.15. The third-order valence-electron chi connectivity index (χ3n) is 5.63. The molecule has 0 saturated heterocycles. The van der Waals surface area contributed by atoms with Gasteiger partial charge in [0.15, 0.2) is 5.78 Å². The Morgan fingerprint density at radius 2 is 2.00 bits per heavy atom. The van der Waals surface area contributed by atoms with Crippen molar-refractivity contribution in [1.29, 1.82) is 0 Å². The van der Waals surface area contributed by atoms with E-state index in [1.807, 2.05) is 6.08 Å². The summed E-state index contributed by atoms with van der Waals surface area (Å²) >= 11 is 0. The van der Waals surface area contributed by atoms with Gasteiger partial charge >= 0.3 is 0 Å². The maximum absolute atomic E-state index is 11.6. The Morgan fingerprint density at radius 3 is 2.68 bits per heavy atom. The normalized spacial score (nSPS) is 32.4. The summed E-state index contributed by atoms with van der Waals surface area (Å²) in [7, 11) is 0. The molecule has 19 heavy (non-hydrogen) atoms. The molecule has 3 atom stereocenters. The minimum atomic E-state index is 0.338. The average molecular weight is 262 g/mol. The molecular weight excluding hydrogens is 232 g/mol. The second kappa shape index (κ2) is 5.81. The zero-order chi connectivity index (χ0) is 14.0. The highest BCUT2D eigenvalue weighted by atomic mass is 16.1. The van der Waals surface area contributed by atoms with Crippen molar-refractivity contribution in [2.75, 3.05) is 0 Å². The number of hydrogen-bond donors (Lipinski definition) is 0. The van der Waals surface area contributed by atoms with Gasteiger partial charge in [0.05, 0.1) is 0 Å². The maximum Gasteiger partial charge on any atom is 0.155 e. The lowest BCUT2D eigenvalue weighted by molar-refractivity contribution is -0.115. The Bertz CT molecular complexity index is 366. The predicted molar refractivity (Wildman–Crippen MR) is 81.0 cm³/mol. The van der Waals surface area contributed by atoms with E-state index in [1.165, 1.54) is 37.7 Å². The molecule has 2 rings (SSSR count). The molecule has 1 saturated carbocycles. The Hall–Kier alpha value is -0.590. The lowest BCUT2D eigenvalue weighted by atomic mass is 9.66. The number of carbonyl (C=O) groups is 1. The van der Waals surface area contributed by atoms with E-state index in [-0.39, 0.29) is 0 Å². The van der Waals surface area contributed by atoms with Crippen LogP contribution in [0.15, 0.2) is 11.6 Å². The van der Waals surface area contributed by atoms with Gasteiger partial charge in [0, 0.05) is 6.42 Å². The van der Waals surface area contributed by atoms with Crippen LogP contribution in [0.2, 0.25) is 0 Å². The molecule has 2 aliphatic rings. The Morgan fingerprint density at radius 1 is 1.26 bits per heavy atom. The second-order valence-electron chi connectivity index (χ2n) is 7.50. The molecule has 0 amide bonds. The Labute approximate surface area is 118 Å². The Kier molecular flexibility index (Phi) is 4.53. The number of rotatable bonds is 5. The molecule has 0 aromatic heterocycles. The van der Waals surface area contributed by atoms with E-state index in [2.05, 4.69) is 27.7 Å². The van der Waals surface area contributed by atoms with Crippen molar-refractivity contribution in [2.45, 2.75) is 72.6 Å². The van der Waals surface area contributed by atoms with Gasteiger partial charge in [-0.1, -0.05) is 52.5 Å². The first-order valence-corrected chi connectivity index (χ1v) is 8.17. The summed E-state index contributed by atoms with van der Waals surface area (Å²) < 4.78 is 0. The van der Waals surface area contributed by atoms with Crippen LogP contribution in [0.3, 0.4) is 0 Å². The third kappa shape index (κ3) is 3.12. The van der Waals surface area contributed by atoms with Gasteiger partial charge in [0.25, 0.3) is 0 Å². The van der Waals surface area contributed by atoms with Gasteiger partial charge in [-0.25, -0.2) is 0 Å². The van der Waals surface area contributed by atoms with Crippen LogP contribution in [-0.2, 0) is 4.79 Å². The van der Waals surface area contributed by atoms with Gasteiger partial charge in [0.2, 0.25) is 0 Å². The quantitative estimate of drug-likeness (QED) is 0.669. The fourth-order valence-corrected chi connectivity index (χ4v) is 4.35. The van der Waals surface area contributed by atoms with Gasteiger partial charge in [-0.2, -0.15) is 0 Å². The molecule has 0 aromatic carbocycles. The highest BCUT2D eigenvalue weighted by Crippen LogP contribution is 2.55. The largest absolute Gasteiger partial charge is 0.295 e. The molecule has 0 aliphatic heterocycles. The SMILES string of the molecule is CC(C)CCCC(C)[C@H]1CCC2=CC(=O)CC[C@]21C. The fraction of sp³-hybridized carbons (Fsp3) is 0.833. The van der Waals surface area contributed by atoms with Gasteiger partial charge in [-0.05, 0) is 48.5 Å². The minimum Gasteiger partial charge on any atom is -0.295 e. The van der Waals surface area contributed by atoms with Gasteiger partial charge in [0.1, 0.15) is 0 Å². The smallest absolute Gasteiger partial charge is 0.155 e. The summed E-state index contributed by atoms with van der Waals surface area (Å²) in [6, 6.07) is 0. The van der Waals surface area contributed by atoms with Crippen molar-refractivity contribution in [3.05, 3.63) is 11.6 Å². The van der Waals surface area contributed by atoms with Crippen LogP contribution in [0.25, 0.3) is 0 Å². The van der Waals surface area contributed by atoms with Gasteiger partial charge in [-0.15, -0.1) is 0 Å². The first kappa shape index (κ1) is 14.8. The third-order valence-corrected chi connectivity index (χ3v) is 5.63. The van der Waals surface area contributed by atoms with E-state index in [4.69, 9.17) is 0 Å². The van der Waals surface area contributed by atoms with Gasteiger partial charge in [-0.3, -0.25) is 4.79 Å².